The fourth-order valence-electron chi connectivity index (χ4n) is 4.12. The number of hydrogen-bond acceptors (Lipinski definition) is 9. The van der Waals surface area contributed by atoms with Crippen LogP contribution >= 0.6 is 0 Å². The van der Waals surface area contributed by atoms with E-state index in [0.29, 0.717) is 29.8 Å². The fourth-order valence-corrected chi connectivity index (χ4v) is 5.28. The van der Waals surface area contributed by atoms with Crippen molar-refractivity contribution in [2.75, 3.05) is 17.7 Å². The standard InChI is InChI=1S/C26H27FN6O5S/c1-15-9-10-18(39(35,36)38-17-6-4-7-17)12-22(15)31-25(34)20-13-29-33-14-21(27)23(32-24(20)33)30-16(2)19-8-5-11-28-26(19)37-3/h5,8-14,16-17H,4,6-7H2,1-3H3,(H,30,32)(H,31,34)/t16-/m1/s1. The number of aromatic nitrogens is 4. The summed E-state index contributed by atoms with van der Waals surface area (Å²) in [5.41, 5.74) is 1.80. The molecule has 1 fully saturated rings. The number of hydrogen-bond donors (Lipinski definition) is 2. The molecule has 13 heteroatoms. The molecule has 1 amide bonds. The fraction of sp³-hybridized carbons (Fsp3) is 0.308. The molecule has 3 heterocycles. The van der Waals surface area contributed by atoms with Gasteiger partial charge in [-0.3, -0.25) is 8.98 Å². The van der Waals surface area contributed by atoms with Gasteiger partial charge in [-0.15, -0.1) is 0 Å². The van der Waals surface area contributed by atoms with Gasteiger partial charge in [-0.25, -0.2) is 18.9 Å². The molecule has 1 saturated carbocycles. The summed E-state index contributed by atoms with van der Waals surface area (Å²) in [6.07, 6.45) is 5.98. The molecule has 1 atom stereocenters. The van der Waals surface area contributed by atoms with E-state index in [1.165, 1.54) is 25.4 Å². The van der Waals surface area contributed by atoms with E-state index in [4.69, 9.17) is 8.92 Å². The van der Waals surface area contributed by atoms with Crippen molar-refractivity contribution in [2.45, 2.75) is 50.2 Å². The Bertz CT molecular complexity index is 1650. The van der Waals surface area contributed by atoms with E-state index in [9.17, 15) is 17.6 Å². The highest BCUT2D eigenvalue weighted by Gasteiger charge is 2.27. The zero-order valence-electron chi connectivity index (χ0n) is 21.5. The summed E-state index contributed by atoms with van der Waals surface area (Å²) in [6, 6.07) is 7.50. The van der Waals surface area contributed by atoms with Crippen molar-refractivity contribution < 1.29 is 26.5 Å². The van der Waals surface area contributed by atoms with E-state index in [1.807, 2.05) is 0 Å². The van der Waals surface area contributed by atoms with Crippen LogP contribution in [0.15, 0.2) is 53.8 Å². The molecule has 0 radical (unpaired) electrons. The summed E-state index contributed by atoms with van der Waals surface area (Å²) in [5, 5.41) is 9.78. The first-order valence-corrected chi connectivity index (χ1v) is 13.7. The Kier molecular flexibility index (Phi) is 7.19. The first-order valence-electron chi connectivity index (χ1n) is 12.3. The number of halogens is 1. The molecule has 11 nitrogen and oxygen atoms in total. The predicted octanol–water partition coefficient (Wildman–Crippen LogP) is 4.26. The van der Waals surface area contributed by atoms with Gasteiger partial charge in [0.2, 0.25) is 5.88 Å². The van der Waals surface area contributed by atoms with Gasteiger partial charge < -0.3 is 15.4 Å². The minimum Gasteiger partial charge on any atom is -0.481 e. The van der Waals surface area contributed by atoms with Gasteiger partial charge in [0.15, 0.2) is 17.3 Å². The molecule has 1 aliphatic carbocycles. The summed E-state index contributed by atoms with van der Waals surface area (Å²) < 4.78 is 51.9. The second-order valence-electron chi connectivity index (χ2n) is 9.27. The summed E-state index contributed by atoms with van der Waals surface area (Å²) in [7, 11) is -2.48. The highest BCUT2D eigenvalue weighted by atomic mass is 32.2. The van der Waals surface area contributed by atoms with Crippen LogP contribution < -0.4 is 15.4 Å². The average molecular weight is 555 g/mol. The van der Waals surface area contributed by atoms with Crippen molar-refractivity contribution in [3.05, 3.63) is 71.4 Å². The Morgan fingerprint density at radius 2 is 2.05 bits per heavy atom. The molecular weight excluding hydrogens is 527 g/mol. The highest BCUT2D eigenvalue weighted by molar-refractivity contribution is 7.86. The molecule has 4 aromatic rings. The number of amides is 1. The predicted molar refractivity (Wildman–Crippen MR) is 141 cm³/mol. The third-order valence-electron chi connectivity index (χ3n) is 6.57. The Morgan fingerprint density at radius 1 is 1.26 bits per heavy atom. The van der Waals surface area contributed by atoms with Gasteiger partial charge in [0.05, 0.1) is 36.5 Å². The number of pyridine rings is 1. The van der Waals surface area contributed by atoms with Crippen LogP contribution in [0.1, 0.15) is 53.7 Å². The lowest BCUT2D eigenvalue weighted by molar-refractivity contribution is 0.102. The van der Waals surface area contributed by atoms with Crippen LogP contribution in [0.25, 0.3) is 5.65 Å². The molecule has 0 unspecified atom stereocenters. The summed E-state index contributed by atoms with van der Waals surface area (Å²) in [6.45, 7) is 3.53. The molecule has 2 N–H and O–H groups in total. The maximum atomic E-state index is 14.9. The van der Waals surface area contributed by atoms with E-state index in [1.54, 1.807) is 38.2 Å². The van der Waals surface area contributed by atoms with Gasteiger partial charge >= 0.3 is 0 Å². The number of fused-ring (bicyclic) bond motifs is 1. The average Bonchev–Trinajstić information content (AvgIpc) is 3.30. The quantitative estimate of drug-likeness (QED) is 0.291. The Hall–Kier alpha value is -4.10. The maximum Gasteiger partial charge on any atom is 0.297 e. The summed E-state index contributed by atoms with van der Waals surface area (Å²) in [5.74, 6) is -0.962. The van der Waals surface area contributed by atoms with E-state index in [0.717, 1.165) is 17.1 Å². The highest BCUT2D eigenvalue weighted by Crippen LogP contribution is 2.29. The minimum absolute atomic E-state index is 0.0540. The van der Waals surface area contributed by atoms with Crippen LogP contribution in [0.3, 0.4) is 0 Å². The monoisotopic (exact) mass is 554 g/mol. The van der Waals surface area contributed by atoms with Crippen LogP contribution in [0.5, 0.6) is 5.88 Å². The molecule has 0 spiro atoms. The Balaban J connectivity index is 1.40. The number of nitrogens with zero attached hydrogens (tertiary/aromatic N) is 4. The Labute approximate surface area is 224 Å². The lowest BCUT2D eigenvalue weighted by Gasteiger charge is -2.24. The lowest BCUT2D eigenvalue weighted by Crippen LogP contribution is -2.25. The van der Waals surface area contributed by atoms with E-state index < -0.39 is 27.9 Å². The third-order valence-corrected chi connectivity index (χ3v) is 7.92. The van der Waals surface area contributed by atoms with Crippen molar-refractivity contribution in [2.24, 2.45) is 0 Å². The normalized spacial score (nSPS) is 14.6. The van der Waals surface area contributed by atoms with E-state index in [2.05, 4.69) is 25.7 Å². The number of methoxy groups -OCH3 is 1. The second kappa shape index (κ2) is 10.6. The van der Waals surface area contributed by atoms with Crippen LogP contribution in [0.2, 0.25) is 0 Å². The van der Waals surface area contributed by atoms with Gasteiger partial charge in [0.1, 0.15) is 5.56 Å². The van der Waals surface area contributed by atoms with Gasteiger partial charge in [-0.1, -0.05) is 12.1 Å². The second-order valence-corrected chi connectivity index (χ2v) is 10.8. The van der Waals surface area contributed by atoms with Crippen molar-refractivity contribution >= 4 is 33.2 Å². The molecule has 3 aromatic heterocycles. The van der Waals surface area contributed by atoms with Gasteiger partial charge in [0, 0.05) is 17.4 Å². The van der Waals surface area contributed by atoms with Crippen LogP contribution in [0, 0.1) is 12.7 Å². The zero-order chi connectivity index (χ0) is 27.7. The van der Waals surface area contributed by atoms with Crippen molar-refractivity contribution in [1.29, 1.82) is 0 Å². The number of anilines is 2. The van der Waals surface area contributed by atoms with Crippen molar-refractivity contribution in [3.63, 3.8) is 0 Å². The molecular formula is C26H27FN6O5S. The first kappa shape index (κ1) is 26.5. The van der Waals surface area contributed by atoms with Crippen molar-refractivity contribution in [3.8, 4) is 5.88 Å². The molecule has 0 saturated heterocycles. The molecule has 204 valence electrons. The number of ether oxygens (including phenoxy) is 1. The maximum absolute atomic E-state index is 14.9. The number of nitrogens with one attached hydrogen (secondary N) is 2. The number of carbonyl (C=O) groups is 1. The van der Waals surface area contributed by atoms with Gasteiger partial charge in [-0.05, 0) is 56.9 Å². The Morgan fingerprint density at radius 3 is 2.77 bits per heavy atom. The topological polar surface area (TPSA) is 137 Å². The van der Waals surface area contributed by atoms with Crippen molar-refractivity contribution in [1.82, 2.24) is 19.6 Å². The summed E-state index contributed by atoms with van der Waals surface area (Å²) in [4.78, 5) is 21.7. The smallest absolute Gasteiger partial charge is 0.297 e. The number of carbonyl (C=O) groups excluding carboxylic acids is 1. The lowest BCUT2D eigenvalue weighted by atomic mass is 9.97. The number of aryl methyl sites for hydroxylation is 1. The molecule has 5 rings (SSSR count). The number of rotatable bonds is 9. The molecule has 39 heavy (non-hydrogen) atoms. The molecule has 1 aromatic carbocycles. The zero-order valence-corrected chi connectivity index (χ0v) is 22.3. The van der Waals surface area contributed by atoms with E-state index >= 15 is 0 Å². The van der Waals surface area contributed by atoms with Gasteiger partial charge in [-0.2, -0.15) is 13.5 Å². The molecule has 1 aliphatic rings. The van der Waals surface area contributed by atoms with Gasteiger partial charge in [0.25, 0.3) is 16.0 Å². The molecule has 0 bridgehead atoms. The largest absolute Gasteiger partial charge is 0.481 e. The van der Waals surface area contributed by atoms with Crippen LogP contribution in [0.4, 0.5) is 15.9 Å². The SMILES string of the molecule is COc1ncccc1[C@@H](C)Nc1nc2c(C(=O)Nc3cc(S(=O)(=O)OC4CCC4)ccc3C)cnn2cc1F. The molecule has 0 aliphatic heterocycles. The minimum atomic E-state index is -3.98. The summed E-state index contributed by atoms with van der Waals surface area (Å²) >= 11 is 0. The number of benzene rings is 1. The van der Waals surface area contributed by atoms with Crippen LogP contribution in [-0.4, -0.2) is 47.1 Å². The third kappa shape index (κ3) is 5.40. The van der Waals surface area contributed by atoms with Crippen LogP contribution in [-0.2, 0) is 14.3 Å². The first-order chi connectivity index (χ1) is 18.7. The van der Waals surface area contributed by atoms with E-state index in [-0.39, 0.29) is 33.7 Å².